The second kappa shape index (κ2) is 3.89. The average molecular weight is 218 g/mol. The van der Waals surface area contributed by atoms with Gasteiger partial charge in [0, 0.05) is 31.1 Å². The normalized spacial score (nSPS) is 19.9. The Morgan fingerprint density at radius 1 is 1.44 bits per heavy atom. The molecule has 1 aromatic rings. The van der Waals surface area contributed by atoms with Crippen LogP contribution in [-0.2, 0) is 4.79 Å². The van der Waals surface area contributed by atoms with Crippen LogP contribution in [0.4, 0.5) is 5.82 Å². The molecule has 0 bridgehead atoms. The number of hydrogen-bond acceptors (Lipinski definition) is 3. The number of ketones is 1. The van der Waals surface area contributed by atoms with Gasteiger partial charge in [-0.05, 0) is 18.6 Å². The molecule has 0 unspecified atom stereocenters. The molecule has 1 aromatic heterocycles. The van der Waals surface area contributed by atoms with Crippen molar-refractivity contribution >= 4 is 11.6 Å². The molecule has 0 N–H and O–H groups in total. The van der Waals surface area contributed by atoms with Crippen molar-refractivity contribution in [1.82, 2.24) is 4.98 Å². The minimum atomic E-state index is -0.248. The first kappa shape index (κ1) is 11.1. The fourth-order valence-corrected chi connectivity index (χ4v) is 2.21. The quantitative estimate of drug-likeness (QED) is 0.724. The van der Waals surface area contributed by atoms with Crippen molar-refractivity contribution in [3.63, 3.8) is 0 Å². The zero-order valence-corrected chi connectivity index (χ0v) is 10.2. The van der Waals surface area contributed by atoms with E-state index in [1.165, 1.54) is 5.56 Å². The summed E-state index contributed by atoms with van der Waals surface area (Å²) < 4.78 is 0. The number of hydrogen-bond donors (Lipinski definition) is 0. The summed E-state index contributed by atoms with van der Waals surface area (Å²) >= 11 is 0. The molecule has 16 heavy (non-hydrogen) atoms. The van der Waals surface area contributed by atoms with Crippen molar-refractivity contribution in [3.8, 4) is 0 Å². The number of carbonyl (C=O) groups is 1. The maximum atomic E-state index is 11.7. The standard InChI is InChI=1S/C13H18N2O/c1-10-5-4-7-14-12(10)15-8-6-11(16)13(2,3)9-15/h4-5,7H,6,8-9H2,1-3H3. The molecule has 0 amide bonds. The van der Waals surface area contributed by atoms with E-state index in [9.17, 15) is 4.79 Å². The van der Waals surface area contributed by atoms with Gasteiger partial charge in [0.05, 0.1) is 0 Å². The highest BCUT2D eigenvalue weighted by Crippen LogP contribution is 2.29. The molecular formula is C13H18N2O. The average Bonchev–Trinajstić information content (AvgIpc) is 2.23. The summed E-state index contributed by atoms with van der Waals surface area (Å²) in [5.74, 6) is 1.38. The first-order valence-corrected chi connectivity index (χ1v) is 5.70. The molecular weight excluding hydrogens is 200 g/mol. The summed E-state index contributed by atoms with van der Waals surface area (Å²) in [4.78, 5) is 18.4. The molecule has 0 saturated carbocycles. The van der Waals surface area contributed by atoms with Crippen molar-refractivity contribution in [2.24, 2.45) is 5.41 Å². The lowest BCUT2D eigenvalue weighted by Crippen LogP contribution is -2.46. The number of aryl methyl sites for hydroxylation is 1. The predicted molar refractivity (Wildman–Crippen MR) is 64.6 cm³/mol. The van der Waals surface area contributed by atoms with Crippen LogP contribution in [0.5, 0.6) is 0 Å². The van der Waals surface area contributed by atoms with Gasteiger partial charge in [-0.25, -0.2) is 4.98 Å². The summed E-state index contributed by atoms with van der Waals surface area (Å²) in [7, 11) is 0. The van der Waals surface area contributed by atoms with Gasteiger partial charge in [0.1, 0.15) is 11.6 Å². The number of rotatable bonds is 1. The van der Waals surface area contributed by atoms with E-state index in [-0.39, 0.29) is 5.41 Å². The third-order valence-corrected chi connectivity index (χ3v) is 3.23. The third-order valence-electron chi connectivity index (χ3n) is 3.23. The molecule has 0 aliphatic carbocycles. The second-order valence-corrected chi connectivity index (χ2v) is 5.12. The number of carbonyl (C=O) groups excluding carboxylic acids is 1. The summed E-state index contributed by atoms with van der Waals surface area (Å²) in [5, 5.41) is 0. The lowest BCUT2D eigenvalue weighted by atomic mass is 9.82. The smallest absolute Gasteiger partial charge is 0.142 e. The zero-order valence-electron chi connectivity index (χ0n) is 10.2. The Morgan fingerprint density at radius 2 is 2.19 bits per heavy atom. The van der Waals surface area contributed by atoms with Crippen molar-refractivity contribution in [3.05, 3.63) is 23.9 Å². The molecule has 0 spiro atoms. The summed E-state index contributed by atoms with van der Waals surface area (Å²) in [6, 6.07) is 4.00. The topological polar surface area (TPSA) is 33.2 Å². The Balaban J connectivity index is 2.25. The van der Waals surface area contributed by atoms with E-state index in [1.807, 2.05) is 26.1 Å². The Labute approximate surface area is 96.5 Å². The van der Waals surface area contributed by atoms with Gasteiger partial charge in [0.25, 0.3) is 0 Å². The fraction of sp³-hybridized carbons (Fsp3) is 0.538. The Hall–Kier alpha value is -1.38. The molecule has 2 rings (SSSR count). The Kier molecular flexibility index (Phi) is 2.70. The molecule has 0 aromatic carbocycles. The van der Waals surface area contributed by atoms with Crippen molar-refractivity contribution in [2.75, 3.05) is 18.0 Å². The first-order valence-electron chi connectivity index (χ1n) is 5.70. The highest BCUT2D eigenvalue weighted by molar-refractivity contribution is 5.86. The van der Waals surface area contributed by atoms with Crippen molar-refractivity contribution in [2.45, 2.75) is 27.2 Å². The van der Waals surface area contributed by atoms with Crippen LogP contribution in [0.3, 0.4) is 0 Å². The molecule has 2 heterocycles. The molecule has 0 atom stereocenters. The van der Waals surface area contributed by atoms with Crippen LogP contribution in [-0.4, -0.2) is 23.9 Å². The van der Waals surface area contributed by atoms with Gasteiger partial charge in [-0.2, -0.15) is 0 Å². The van der Waals surface area contributed by atoms with E-state index in [4.69, 9.17) is 0 Å². The minimum Gasteiger partial charge on any atom is -0.355 e. The summed E-state index contributed by atoms with van der Waals surface area (Å²) in [5.41, 5.74) is 0.926. The van der Waals surface area contributed by atoms with Crippen molar-refractivity contribution in [1.29, 1.82) is 0 Å². The van der Waals surface area contributed by atoms with E-state index >= 15 is 0 Å². The molecule has 1 aliphatic heterocycles. The number of nitrogens with zero attached hydrogens (tertiary/aromatic N) is 2. The fourth-order valence-electron chi connectivity index (χ4n) is 2.21. The SMILES string of the molecule is Cc1cccnc1N1CCC(=O)C(C)(C)C1. The number of anilines is 1. The van der Waals surface area contributed by atoms with Gasteiger partial charge in [0.15, 0.2) is 0 Å². The molecule has 1 fully saturated rings. The Morgan fingerprint density at radius 3 is 2.81 bits per heavy atom. The van der Waals surface area contributed by atoms with Crippen LogP contribution in [0.25, 0.3) is 0 Å². The highest BCUT2D eigenvalue weighted by atomic mass is 16.1. The van der Waals surface area contributed by atoms with Crippen LogP contribution in [0.2, 0.25) is 0 Å². The number of piperidine rings is 1. The van der Waals surface area contributed by atoms with E-state index < -0.39 is 0 Å². The first-order chi connectivity index (χ1) is 7.50. The van der Waals surface area contributed by atoms with Crippen LogP contribution in [0.1, 0.15) is 25.8 Å². The lowest BCUT2D eigenvalue weighted by molar-refractivity contribution is -0.127. The minimum absolute atomic E-state index is 0.248. The molecule has 3 heteroatoms. The van der Waals surface area contributed by atoms with Gasteiger partial charge in [-0.1, -0.05) is 19.9 Å². The van der Waals surface area contributed by atoms with E-state index in [0.29, 0.717) is 12.2 Å². The number of Topliss-reactive ketones (excluding diaryl/α,β-unsaturated/α-hetero) is 1. The number of pyridine rings is 1. The highest BCUT2D eigenvalue weighted by Gasteiger charge is 2.34. The van der Waals surface area contributed by atoms with Gasteiger partial charge in [0.2, 0.25) is 0 Å². The third kappa shape index (κ3) is 1.94. The van der Waals surface area contributed by atoms with Gasteiger partial charge >= 0.3 is 0 Å². The Bertz CT molecular complexity index is 412. The van der Waals surface area contributed by atoms with Crippen LogP contribution >= 0.6 is 0 Å². The summed E-state index contributed by atoms with van der Waals surface area (Å²) in [6.07, 6.45) is 2.44. The van der Waals surface area contributed by atoms with E-state index in [2.05, 4.69) is 22.9 Å². The predicted octanol–water partition coefficient (Wildman–Crippen LogP) is 2.20. The molecule has 3 nitrogen and oxygen atoms in total. The lowest BCUT2D eigenvalue weighted by Gasteiger charge is -2.38. The van der Waals surface area contributed by atoms with Crippen LogP contribution < -0.4 is 4.90 Å². The van der Waals surface area contributed by atoms with Crippen molar-refractivity contribution < 1.29 is 4.79 Å². The van der Waals surface area contributed by atoms with Crippen LogP contribution in [0.15, 0.2) is 18.3 Å². The largest absolute Gasteiger partial charge is 0.355 e. The zero-order chi connectivity index (χ0) is 11.8. The second-order valence-electron chi connectivity index (χ2n) is 5.12. The van der Waals surface area contributed by atoms with E-state index in [0.717, 1.165) is 18.9 Å². The van der Waals surface area contributed by atoms with Gasteiger partial charge in [-0.15, -0.1) is 0 Å². The summed E-state index contributed by atoms with van der Waals surface area (Å²) in [6.45, 7) is 7.65. The molecule has 1 aliphatic rings. The van der Waals surface area contributed by atoms with Gasteiger partial charge < -0.3 is 4.90 Å². The number of aromatic nitrogens is 1. The maximum Gasteiger partial charge on any atom is 0.142 e. The maximum absolute atomic E-state index is 11.7. The van der Waals surface area contributed by atoms with E-state index in [1.54, 1.807) is 0 Å². The molecule has 1 saturated heterocycles. The molecule has 86 valence electrons. The van der Waals surface area contributed by atoms with Gasteiger partial charge in [-0.3, -0.25) is 4.79 Å². The van der Waals surface area contributed by atoms with Crippen LogP contribution in [0, 0.1) is 12.3 Å². The molecule has 0 radical (unpaired) electrons. The monoisotopic (exact) mass is 218 g/mol.